The Morgan fingerprint density at radius 3 is 2.91 bits per heavy atom. The number of hydrogen-bond acceptors (Lipinski definition) is 2. The molecular weight excluding hydrogens is 140 g/mol. The smallest absolute Gasteiger partial charge is 0.246 e. The molecule has 0 unspecified atom stereocenters. The van der Waals surface area contributed by atoms with Crippen LogP contribution in [0.15, 0.2) is 12.7 Å². The molecule has 1 aliphatic rings. The Balaban J connectivity index is 2.50. The standard InChI is InChI=1S/C8H14N2O/c1-3-8(11)10-5-6(2)7(10)4-9/h3,6-7H,1,4-5,9H2,2H3/t6-,7+/m1/s1. The van der Waals surface area contributed by atoms with E-state index in [0.29, 0.717) is 12.5 Å². The second-order valence-corrected chi connectivity index (χ2v) is 2.98. The molecule has 11 heavy (non-hydrogen) atoms. The third kappa shape index (κ3) is 1.28. The van der Waals surface area contributed by atoms with Gasteiger partial charge in [-0.15, -0.1) is 0 Å². The maximum absolute atomic E-state index is 11.1. The van der Waals surface area contributed by atoms with E-state index in [1.54, 1.807) is 4.90 Å². The first kappa shape index (κ1) is 8.27. The topological polar surface area (TPSA) is 46.3 Å². The fourth-order valence-corrected chi connectivity index (χ4v) is 1.47. The molecule has 0 saturated carbocycles. The third-order valence-electron chi connectivity index (χ3n) is 2.24. The highest BCUT2D eigenvalue weighted by Crippen LogP contribution is 2.23. The molecule has 0 aliphatic carbocycles. The predicted molar refractivity (Wildman–Crippen MR) is 43.9 cm³/mol. The SMILES string of the molecule is C=CC(=O)N1C[C@@H](C)[C@@H]1CN. The quantitative estimate of drug-likeness (QED) is 0.568. The van der Waals surface area contributed by atoms with Crippen LogP contribution in [0.25, 0.3) is 0 Å². The normalized spacial score (nSPS) is 29.5. The van der Waals surface area contributed by atoms with Gasteiger partial charge in [-0.1, -0.05) is 13.5 Å². The molecular formula is C8H14N2O. The van der Waals surface area contributed by atoms with E-state index in [2.05, 4.69) is 13.5 Å². The molecule has 0 radical (unpaired) electrons. The van der Waals surface area contributed by atoms with Crippen molar-refractivity contribution >= 4 is 5.91 Å². The summed E-state index contributed by atoms with van der Waals surface area (Å²) in [6.07, 6.45) is 1.34. The minimum Gasteiger partial charge on any atom is -0.334 e. The van der Waals surface area contributed by atoms with Crippen molar-refractivity contribution in [3.05, 3.63) is 12.7 Å². The van der Waals surface area contributed by atoms with Gasteiger partial charge in [-0.3, -0.25) is 4.79 Å². The highest BCUT2D eigenvalue weighted by Gasteiger charge is 2.36. The average molecular weight is 154 g/mol. The number of nitrogens with zero attached hydrogens (tertiary/aromatic N) is 1. The zero-order valence-corrected chi connectivity index (χ0v) is 6.79. The van der Waals surface area contributed by atoms with E-state index in [4.69, 9.17) is 5.73 Å². The van der Waals surface area contributed by atoms with Crippen molar-refractivity contribution < 1.29 is 4.79 Å². The fraction of sp³-hybridized carbons (Fsp3) is 0.625. The van der Waals surface area contributed by atoms with Crippen molar-refractivity contribution in [1.82, 2.24) is 4.90 Å². The first-order chi connectivity index (χ1) is 5.20. The summed E-state index contributed by atoms with van der Waals surface area (Å²) < 4.78 is 0. The van der Waals surface area contributed by atoms with Gasteiger partial charge in [0.1, 0.15) is 0 Å². The molecule has 1 saturated heterocycles. The van der Waals surface area contributed by atoms with Gasteiger partial charge >= 0.3 is 0 Å². The Morgan fingerprint density at radius 2 is 2.55 bits per heavy atom. The molecule has 1 fully saturated rings. The first-order valence-electron chi connectivity index (χ1n) is 3.83. The molecule has 1 heterocycles. The summed E-state index contributed by atoms with van der Waals surface area (Å²) in [7, 11) is 0. The Kier molecular flexibility index (Phi) is 2.29. The predicted octanol–water partition coefficient (Wildman–Crippen LogP) is -0.0220. The molecule has 62 valence electrons. The van der Waals surface area contributed by atoms with Gasteiger partial charge in [-0.2, -0.15) is 0 Å². The number of likely N-dealkylation sites (tertiary alicyclic amines) is 1. The highest BCUT2D eigenvalue weighted by atomic mass is 16.2. The van der Waals surface area contributed by atoms with E-state index in [-0.39, 0.29) is 11.9 Å². The van der Waals surface area contributed by atoms with Crippen LogP contribution < -0.4 is 5.73 Å². The summed E-state index contributed by atoms with van der Waals surface area (Å²) in [4.78, 5) is 12.8. The maximum atomic E-state index is 11.1. The summed E-state index contributed by atoms with van der Waals surface area (Å²) >= 11 is 0. The van der Waals surface area contributed by atoms with Gasteiger partial charge in [-0.05, 0) is 12.0 Å². The largest absolute Gasteiger partial charge is 0.334 e. The molecule has 2 atom stereocenters. The van der Waals surface area contributed by atoms with E-state index in [1.807, 2.05) is 0 Å². The van der Waals surface area contributed by atoms with Crippen LogP contribution in [0.3, 0.4) is 0 Å². The Morgan fingerprint density at radius 1 is 1.91 bits per heavy atom. The van der Waals surface area contributed by atoms with Crippen LogP contribution >= 0.6 is 0 Å². The van der Waals surface area contributed by atoms with Gasteiger partial charge < -0.3 is 10.6 Å². The van der Waals surface area contributed by atoms with E-state index in [0.717, 1.165) is 6.54 Å². The molecule has 1 aliphatic heterocycles. The number of rotatable bonds is 2. The van der Waals surface area contributed by atoms with Crippen molar-refractivity contribution in [2.75, 3.05) is 13.1 Å². The highest BCUT2D eigenvalue weighted by molar-refractivity contribution is 5.88. The lowest BCUT2D eigenvalue weighted by atomic mass is 9.90. The molecule has 1 amide bonds. The molecule has 0 aromatic rings. The summed E-state index contributed by atoms with van der Waals surface area (Å²) in [6.45, 7) is 6.91. The number of carbonyl (C=O) groups excluding carboxylic acids is 1. The van der Waals surface area contributed by atoms with E-state index in [1.165, 1.54) is 6.08 Å². The summed E-state index contributed by atoms with van der Waals surface area (Å²) in [5.41, 5.74) is 5.48. The van der Waals surface area contributed by atoms with Crippen molar-refractivity contribution in [1.29, 1.82) is 0 Å². The summed E-state index contributed by atoms with van der Waals surface area (Å²) in [6, 6.07) is 0.237. The van der Waals surface area contributed by atoms with Gasteiger partial charge in [0, 0.05) is 19.1 Å². The minimum absolute atomic E-state index is 0.00134. The zero-order chi connectivity index (χ0) is 8.43. The van der Waals surface area contributed by atoms with Crippen LogP contribution in [0.4, 0.5) is 0 Å². The van der Waals surface area contributed by atoms with Crippen LogP contribution in [0.1, 0.15) is 6.92 Å². The van der Waals surface area contributed by atoms with Crippen molar-refractivity contribution in [3.63, 3.8) is 0 Å². The van der Waals surface area contributed by atoms with E-state index >= 15 is 0 Å². The lowest BCUT2D eigenvalue weighted by Gasteiger charge is -2.45. The molecule has 2 N–H and O–H groups in total. The monoisotopic (exact) mass is 154 g/mol. The van der Waals surface area contributed by atoms with Crippen molar-refractivity contribution in [2.24, 2.45) is 11.7 Å². The number of nitrogens with two attached hydrogens (primary N) is 1. The third-order valence-corrected chi connectivity index (χ3v) is 2.24. The summed E-state index contributed by atoms with van der Waals surface area (Å²) in [5, 5.41) is 0. The first-order valence-corrected chi connectivity index (χ1v) is 3.83. The number of hydrogen-bond donors (Lipinski definition) is 1. The van der Waals surface area contributed by atoms with Gasteiger partial charge in [0.2, 0.25) is 5.91 Å². The summed E-state index contributed by atoms with van der Waals surface area (Å²) in [5.74, 6) is 0.544. The van der Waals surface area contributed by atoms with Crippen LogP contribution in [0.5, 0.6) is 0 Å². The van der Waals surface area contributed by atoms with Crippen LogP contribution in [-0.2, 0) is 4.79 Å². The van der Waals surface area contributed by atoms with Gasteiger partial charge in [0.25, 0.3) is 0 Å². The molecule has 0 bridgehead atoms. The van der Waals surface area contributed by atoms with Crippen LogP contribution in [0.2, 0.25) is 0 Å². The van der Waals surface area contributed by atoms with E-state index < -0.39 is 0 Å². The second kappa shape index (κ2) is 3.05. The molecule has 0 spiro atoms. The van der Waals surface area contributed by atoms with Crippen LogP contribution in [0, 0.1) is 5.92 Å². The van der Waals surface area contributed by atoms with Crippen molar-refractivity contribution in [2.45, 2.75) is 13.0 Å². The average Bonchev–Trinajstić information content (AvgIpc) is 1.99. The second-order valence-electron chi connectivity index (χ2n) is 2.98. The fourth-order valence-electron chi connectivity index (χ4n) is 1.47. The van der Waals surface area contributed by atoms with Gasteiger partial charge in [-0.25, -0.2) is 0 Å². The molecule has 1 rings (SSSR count). The number of amides is 1. The Bertz CT molecular complexity index is 179. The minimum atomic E-state index is -0.00134. The zero-order valence-electron chi connectivity index (χ0n) is 6.79. The molecule has 3 nitrogen and oxygen atoms in total. The van der Waals surface area contributed by atoms with E-state index in [9.17, 15) is 4.79 Å². The van der Waals surface area contributed by atoms with Crippen LogP contribution in [-0.4, -0.2) is 29.9 Å². The Hall–Kier alpha value is -0.830. The van der Waals surface area contributed by atoms with Crippen molar-refractivity contribution in [3.8, 4) is 0 Å². The lowest BCUT2D eigenvalue weighted by molar-refractivity contribution is -0.136. The number of carbonyl (C=O) groups is 1. The van der Waals surface area contributed by atoms with Gasteiger partial charge in [0.05, 0.1) is 0 Å². The molecule has 0 aromatic heterocycles. The maximum Gasteiger partial charge on any atom is 0.246 e. The molecule has 0 aromatic carbocycles. The van der Waals surface area contributed by atoms with Gasteiger partial charge in [0.15, 0.2) is 0 Å². The molecule has 3 heteroatoms. The lowest BCUT2D eigenvalue weighted by Crippen LogP contribution is -2.60. The Labute approximate surface area is 66.9 Å².